The van der Waals surface area contributed by atoms with Gasteiger partial charge in [0.2, 0.25) is 5.88 Å². The van der Waals surface area contributed by atoms with Crippen LogP contribution in [0, 0.1) is 6.08 Å². The Kier molecular flexibility index (Phi) is 1.40. The molecule has 0 aliphatic rings. The van der Waals surface area contributed by atoms with Crippen LogP contribution >= 0.6 is 0 Å². The van der Waals surface area contributed by atoms with Crippen molar-refractivity contribution in [3.8, 4) is 5.88 Å². The number of fused-ring (bicyclic) bond motifs is 1. The molecule has 1 N–H and O–H groups in total. The van der Waals surface area contributed by atoms with Gasteiger partial charge in [0.1, 0.15) is 0 Å². The van der Waals surface area contributed by atoms with Gasteiger partial charge in [0.25, 0.3) is 0 Å². The molecule has 0 spiro atoms. The van der Waals surface area contributed by atoms with E-state index in [4.69, 9.17) is 5.11 Å². The number of hydrogen-bond donors (Lipinski definition) is 1. The van der Waals surface area contributed by atoms with Crippen molar-refractivity contribution in [1.29, 1.82) is 0 Å². The molecule has 0 saturated heterocycles. The molecule has 60 valence electrons. The normalized spacial score (nSPS) is 10.4. The third-order valence-electron chi connectivity index (χ3n) is 1.56. The second kappa shape index (κ2) is 2.41. The Morgan fingerprint density at radius 1 is 1.17 bits per heavy atom. The van der Waals surface area contributed by atoms with Crippen molar-refractivity contribution >= 4 is 10.9 Å². The third-order valence-corrected chi connectivity index (χ3v) is 1.56. The summed E-state index contributed by atoms with van der Waals surface area (Å²) in [6.45, 7) is 0. The van der Waals surface area contributed by atoms with E-state index in [2.05, 4.69) is 9.97 Å². The first-order valence-electron chi connectivity index (χ1n) is 3.38. The average Bonchev–Trinajstić information content (AvgIpc) is 2.04. The fourth-order valence-electron chi connectivity index (χ4n) is 1.03. The van der Waals surface area contributed by atoms with Crippen LogP contribution in [-0.4, -0.2) is 15.1 Å². The number of benzene rings is 1. The molecule has 2 aromatic rings. The molecular weight excluding hydrogens is 159 g/mol. The van der Waals surface area contributed by atoms with E-state index in [1.54, 1.807) is 24.3 Å². The Balaban J connectivity index is 2.89. The number of halogens is 1. The van der Waals surface area contributed by atoms with Crippen molar-refractivity contribution < 1.29 is 9.50 Å². The van der Waals surface area contributed by atoms with Crippen molar-refractivity contribution in [3.05, 3.63) is 30.3 Å². The molecule has 12 heavy (non-hydrogen) atoms. The zero-order chi connectivity index (χ0) is 8.55. The molecule has 0 radical (unpaired) electrons. The molecule has 0 atom stereocenters. The van der Waals surface area contributed by atoms with Gasteiger partial charge in [-0.15, -0.1) is 0 Å². The van der Waals surface area contributed by atoms with Gasteiger partial charge in [0, 0.05) is 0 Å². The van der Waals surface area contributed by atoms with E-state index in [-0.39, 0.29) is 5.88 Å². The van der Waals surface area contributed by atoms with E-state index in [1.807, 2.05) is 0 Å². The van der Waals surface area contributed by atoms with Gasteiger partial charge >= 0.3 is 6.08 Å². The molecule has 0 unspecified atom stereocenters. The highest BCUT2D eigenvalue weighted by atomic mass is 19.1. The molecule has 1 heterocycles. The average molecular weight is 164 g/mol. The Morgan fingerprint density at radius 2 is 1.92 bits per heavy atom. The van der Waals surface area contributed by atoms with Crippen molar-refractivity contribution in [2.45, 2.75) is 0 Å². The summed E-state index contributed by atoms with van der Waals surface area (Å²) in [6, 6.07) is 6.68. The van der Waals surface area contributed by atoms with Crippen molar-refractivity contribution in [3.63, 3.8) is 0 Å². The second-order valence-electron chi connectivity index (χ2n) is 2.33. The van der Waals surface area contributed by atoms with Gasteiger partial charge in [-0.3, -0.25) is 0 Å². The fourth-order valence-corrected chi connectivity index (χ4v) is 1.03. The van der Waals surface area contributed by atoms with Crippen LogP contribution in [0.2, 0.25) is 0 Å². The summed E-state index contributed by atoms with van der Waals surface area (Å²) in [5.74, 6) is -0.321. The summed E-state index contributed by atoms with van der Waals surface area (Å²) >= 11 is 0. The lowest BCUT2D eigenvalue weighted by Crippen LogP contribution is -1.89. The first kappa shape index (κ1) is 6.97. The van der Waals surface area contributed by atoms with E-state index in [9.17, 15) is 4.39 Å². The summed E-state index contributed by atoms with van der Waals surface area (Å²) in [6.07, 6.45) is -0.911. The van der Waals surface area contributed by atoms with Gasteiger partial charge in [0.05, 0.1) is 10.9 Å². The molecule has 1 aromatic carbocycles. The molecular formula is C8H5FN2O. The Labute approximate surface area is 67.5 Å². The predicted molar refractivity (Wildman–Crippen MR) is 41.2 cm³/mol. The number of para-hydroxylation sites is 1. The lowest BCUT2D eigenvalue weighted by Gasteiger charge is -1.97. The highest BCUT2D eigenvalue weighted by Gasteiger charge is 2.03. The van der Waals surface area contributed by atoms with Crippen LogP contribution in [0.3, 0.4) is 0 Å². The summed E-state index contributed by atoms with van der Waals surface area (Å²) in [5, 5.41) is 9.62. The maximum atomic E-state index is 12.5. The molecule has 4 heteroatoms. The van der Waals surface area contributed by atoms with Crippen LogP contribution in [-0.2, 0) is 0 Å². The Morgan fingerprint density at radius 3 is 2.75 bits per heavy atom. The van der Waals surface area contributed by atoms with Crippen molar-refractivity contribution in [1.82, 2.24) is 9.97 Å². The number of aromatic hydroxyl groups is 1. The van der Waals surface area contributed by atoms with Gasteiger partial charge in [-0.1, -0.05) is 12.1 Å². The van der Waals surface area contributed by atoms with E-state index < -0.39 is 6.08 Å². The first-order chi connectivity index (χ1) is 5.77. The highest BCUT2D eigenvalue weighted by molar-refractivity contribution is 5.82. The first-order valence-corrected chi connectivity index (χ1v) is 3.38. The molecule has 0 fully saturated rings. The maximum Gasteiger partial charge on any atom is 0.312 e. The molecule has 0 aliphatic carbocycles. The lowest BCUT2D eigenvalue weighted by molar-refractivity contribution is 0.434. The van der Waals surface area contributed by atoms with E-state index in [1.165, 1.54) is 0 Å². The van der Waals surface area contributed by atoms with Gasteiger partial charge < -0.3 is 5.11 Å². The van der Waals surface area contributed by atoms with Crippen molar-refractivity contribution in [2.24, 2.45) is 0 Å². The number of rotatable bonds is 0. The maximum absolute atomic E-state index is 12.5. The van der Waals surface area contributed by atoms with Gasteiger partial charge in [-0.05, 0) is 12.1 Å². The fraction of sp³-hybridized carbons (Fsp3) is 0. The van der Waals surface area contributed by atoms with Crippen LogP contribution < -0.4 is 0 Å². The third kappa shape index (κ3) is 0.972. The van der Waals surface area contributed by atoms with Crippen LogP contribution in [0.1, 0.15) is 0 Å². The van der Waals surface area contributed by atoms with Crippen LogP contribution in [0.4, 0.5) is 4.39 Å². The molecule has 2 rings (SSSR count). The number of aromatic nitrogens is 2. The Hall–Kier alpha value is -1.71. The van der Waals surface area contributed by atoms with Gasteiger partial charge in [-0.25, -0.2) is 4.98 Å². The largest absolute Gasteiger partial charge is 0.493 e. The molecule has 0 amide bonds. The van der Waals surface area contributed by atoms with Crippen LogP contribution in [0.15, 0.2) is 24.3 Å². The van der Waals surface area contributed by atoms with E-state index in [0.29, 0.717) is 10.9 Å². The van der Waals surface area contributed by atoms with Crippen LogP contribution in [0.25, 0.3) is 10.9 Å². The number of hydrogen-bond acceptors (Lipinski definition) is 3. The van der Waals surface area contributed by atoms with E-state index in [0.717, 1.165) is 0 Å². The van der Waals surface area contributed by atoms with Crippen LogP contribution in [0.5, 0.6) is 5.88 Å². The van der Waals surface area contributed by atoms with E-state index >= 15 is 0 Å². The topological polar surface area (TPSA) is 46.0 Å². The summed E-state index contributed by atoms with van der Waals surface area (Å²) in [7, 11) is 0. The zero-order valence-corrected chi connectivity index (χ0v) is 6.03. The Bertz CT molecular complexity index is 430. The lowest BCUT2D eigenvalue weighted by atomic mass is 10.2. The minimum atomic E-state index is -0.911. The zero-order valence-electron chi connectivity index (χ0n) is 6.03. The predicted octanol–water partition coefficient (Wildman–Crippen LogP) is 1.47. The standard InChI is InChI=1S/C8H5FN2O/c9-8-10-6-4-2-1-3-5(6)7(12)11-8/h1-4H,(H,10,11,12). The highest BCUT2D eigenvalue weighted by Crippen LogP contribution is 2.19. The molecule has 3 nitrogen and oxygen atoms in total. The summed E-state index contributed by atoms with van der Waals surface area (Å²) in [4.78, 5) is 6.68. The minimum absolute atomic E-state index is 0.321. The SMILES string of the molecule is Oc1nc(F)nc2ccccc12. The molecule has 0 aliphatic heterocycles. The smallest absolute Gasteiger partial charge is 0.312 e. The summed E-state index contributed by atoms with van der Waals surface area (Å²) < 4.78 is 12.5. The quantitative estimate of drug-likeness (QED) is 0.600. The minimum Gasteiger partial charge on any atom is -0.493 e. The summed E-state index contributed by atoms with van der Waals surface area (Å²) in [5.41, 5.74) is 0.405. The van der Waals surface area contributed by atoms with Crippen molar-refractivity contribution in [2.75, 3.05) is 0 Å². The molecule has 0 saturated carbocycles. The molecule has 1 aromatic heterocycles. The van der Waals surface area contributed by atoms with Gasteiger partial charge in [-0.2, -0.15) is 9.37 Å². The monoisotopic (exact) mass is 164 g/mol. The second-order valence-corrected chi connectivity index (χ2v) is 2.33. The molecule has 0 bridgehead atoms. The van der Waals surface area contributed by atoms with Gasteiger partial charge in [0.15, 0.2) is 0 Å². The number of nitrogens with zero attached hydrogens (tertiary/aromatic N) is 2.